The van der Waals surface area contributed by atoms with Gasteiger partial charge in [0.15, 0.2) is 10.9 Å². The summed E-state index contributed by atoms with van der Waals surface area (Å²) >= 11 is 1.25. The largest absolute Gasteiger partial charge is 0.494 e. The fourth-order valence-corrected chi connectivity index (χ4v) is 4.61. The SMILES string of the molecule is CCOc1ccc(-n2c(Cc3ccccc3)nnc2SCC(=O)Nc2cc(OC)c([N+](=O)[O-])cc2C)cc1. The van der Waals surface area contributed by atoms with E-state index >= 15 is 0 Å². The minimum absolute atomic E-state index is 0.0548. The van der Waals surface area contributed by atoms with Crippen LogP contribution in [0.5, 0.6) is 11.5 Å². The predicted octanol–water partition coefficient (Wildman–Crippen LogP) is 5.21. The van der Waals surface area contributed by atoms with Gasteiger partial charge in [-0.05, 0) is 49.2 Å². The molecule has 1 aromatic heterocycles. The molecule has 0 aliphatic carbocycles. The van der Waals surface area contributed by atoms with E-state index in [9.17, 15) is 14.9 Å². The summed E-state index contributed by atoms with van der Waals surface area (Å²) in [5.74, 6) is 1.33. The Balaban J connectivity index is 1.55. The van der Waals surface area contributed by atoms with Crippen molar-refractivity contribution in [3.63, 3.8) is 0 Å². The molecule has 0 fully saturated rings. The van der Waals surface area contributed by atoms with Crippen molar-refractivity contribution in [2.24, 2.45) is 0 Å². The van der Waals surface area contributed by atoms with Crippen molar-refractivity contribution in [1.82, 2.24) is 14.8 Å². The quantitative estimate of drug-likeness (QED) is 0.158. The van der Waals surface area contributed by atoms with Crippen LogP contribution in [0.25, 0.3) is 5.69 Å². The lowest BCUT2D eigenvalue weighted by Gasteiger charge is -2.12. The monoisotopic (exact) mass is 533 g/mol. The minimum atomic E-state index is -0.520. The predicted molar refractivity (Wildman–Crippen MR) is 146 cm³/mol. The lowest BCUT2D eigenvalue weighted by Crippen LogP contribution is -2.16. The number of nitrogens with zero attached hydrogens (tertiary/aromatic N) is 4. The summed E-state index contributed by atoms with van der Waals surface area (Å²) in [4.78, 5) is 23.6. The lowest BCUT2D eigenvalue weighted by molar-refractivity contribution is -0.385. The maximum Gasteiger partial charge on any atom is 0.311 e. The highest BCUT2D eigenvalue weighted by Crippen LogP contribution is 2.33. The van der Waals surface area contributed by atoms with Gasteiger partial charge < -0.3 is 14.8 Å². The van der Waals surface area contributed by atoms with Gasteiger partial charge in [-0.1, -0.05) is 42.1 Å². The first-order chi connectivity index (χ1) is 18.4. The fourth-order valence-electron chi connectivity index (χ4n) is 3.83. The maximum atomic E-state index is 12.8. The van der Waals surface area contributed by atoms with Crippen molar-refractivity contribution in [3.05, 3.63) is 93.8 Å². The standard InChI is InChI=1S/C27H27N5O5S/c1-4-37-21-12-10-20(11-13-21)31-25(15-19-8-6-5-7-9-19)29-30-27(31)38-17-26(33)28-22-16-24(36-3)23(32(34)35)14-18(22)2/h5-14,16H,4,15,17H2,1-3H3,(H,28,33). The van der Waals surface area contributed by atoms with E-state index in [0.29, 0.717) is 29.4 Å². The van der Waals surface area contributed by atoms with Crippen LogP contribution in [-0.4, -0.2) is 45.1 Å². The summed E-state index contributed by atoms with van der Waals surface area (Å²) in [5, 5.41) is 23.4. The maximum absolute atomic E-state index is 12.8. The van der Waals surface area contributed by atoms with E-state index in [0.717, 1.165) is 22.8 Å². The Morgan fingerprint density at radius 2 is 1.84 bits per heavy atom. The van der Waals surface area contributed by atoms with Gasteiger partial charge in [-0.25, -0.2) is 0 Å². The van der Waals surface area contributed by atoms with Gasteiger partial charge in [0, 0.05) is 29.9 Å². The average molecular weight is 534 g/mol. The van der Waals surface area contributed by atoms with Crippen molar-refractivity contribution in [3.8, 4) is 17.2 Å². The van der Waals surface area contributed by atoms with Crippen LogP contribution < -0.4 is 14.8 Å². The Labute approximate surface area is 224 Å². The molecule has 1 N–H and O–H groups in total. The number of nitro benzene ring substituents is 1. The summed E-state index contributed by atoms with van der Waals surface area (Å²) in [7, 11) is 1.35. The molecule has 11 heteroatoms. The fraction of sp³-hybridized carbons (Fsp3) is 0.222. The second-order valence-corrected chi connectivity index (χ2v) is 9.20. The van der Waals surface area contributed by atoms with Crippen LogP contribution in [0.15, 0.2) is 71.9 Å². The first kappa shape index (κ1) is 26.7. The zero-order valence-electron chi connectivity index (χ0n) is 21.2. The number of amides is 1. The van der Waals surface area contributed by atoms with Gasteiger partial charge in [0.1, 0.15) is 11.6 Å². The van der Waals surface area contributed by atoms with Gasteiger partial charge in [0.05, 0.1) is 24.4 Å². The Hall–Kier alpha value is -4.38. The third kappa shape index (κ3) is 6.30. The summed E-state index contributed by atoms with van der Waals surface area (Å²) in [6.45, 7) is 4.19. The second kappa shape index (κ2) is 12.2. The molecule has 10 nitrogen and oxygen atoms in total. The van der Waals surface area contributed by atoms with E-state index in [1.807, 2.05) is 66.1 Å². The summed E-state index contributed by atoms with van der Waals surface area (Å²) in [6.07, 6.45) is 0.565. The number of hydrogen-bond donors (Lipinski definition) is 1. The molecule has 38 heavy (non-hydrogen) atoms. The third-order valence-corrected chi connectivity index (χ3v) is 6.57. The highest BCUT2D eigenvalue weighted by atomic mass is 32.2. The first-order valence-corrected chi connectivity index (χ1v) is 12.8. The molecule has 0 aliphatic rings. The molecule has 0 atom stereocenters. The number of aromatic nitrogens is 3. The Bertz CT molecular complexity index is 1420. The molecule has 0 unspecified atom stereocenters. The van der Waals surface area contributed by atoms with E-state index in [1.54, 1.807) is 6.92 Å². The van der Waals surface area contributed by atoms with Crippen molar-refractivity contribution < 1.29 is 19.2 Å². The van der Waals surface area contributed by atoms with Gasteiger partial charge in [-0.3, -0.25) is 19.5 Å². The molecule has 1 heterocycles. The molecule has 0 spiro atoms. The molecule has 0 radical (unpaired) electrons. The normalized spacial score (nSPS) is 10.7. The van der Waals surface area contributed by atoms with Crippen LogP contribution in [0.3, 0.4) is 0 Å². The number of anilines is 1. The van der Waals surface area contributed by atoms with Crippen LogP contribution in [0.4, 0.5) is 11.4 Å². The topological polar surface area (TPSA) is 121 Å². The molecule has 4 rings (SSSR count). The number of benzene rings is 3. The summed E-state index contributed by atoms with van der Waals surface area (Å²) < 4.78 is 12.6. The molecular weight excluding hydrogens is 506 g/mol. The van der Waals surface area contributed by atoms with Gasteiger partial charge in [0.2, 0.25) is 5.91 Å². The number of hydrogen-bond acceptors (Lipinski definition) is 8. The smallest absolute Gasteiger partial charge is 0.311 e. The number of methoxy groups -OCH3 is 1. The van der Waals surface area contributed by atoms with E-state index < -0.39 is 4.92 Å². The number of ether oxygens (including phenoxy) is 2. The molecule has 1 amide bonds. The van der Waals surface area contributed by atoms with Crippen LogP contribution >= 0.6 is 11.8 Å². The van der Waals surface area contributed by atoms with Crippen LogP contribution in [-0.2, 0) is 11.2 Å². The number of carbonyl (C=O) groups is 1. The lowest BCUT2D eigenvalue weighted by atomic mass is 10.1. The van der Waals surface area contributed by atoms with Crippen molar-refractivity contribution in [2.45, 2.75) is 25.4 Å². The number of rotatable bonds is 11. The molecule has 0 saturated heterocycles. The first-order valence-electron chi connectivity index (χ1n) is 11.9. The van der Waals surface area contributed by atoms with E-state index in [-0.39, 0.29) is 23.1 Å². The van der Waals surface area contributed by atoms with E-state index in [2.05, 4.69) is 15.5 Å². The summed E-state index contributed by atoms with van der Waals surface area (Å²) in [6, 6.07) is 20.4. The van der Waals surface area contributed by atoms with Gasteiger partial charge in [0.25, 0.3) is 0 Å². The molecule has 196 valence electrons. The Morgan fingerprint density at radius 3 is 2.50 bits per heavy atom. The van der Waals surface area contributed by atoms with E-state index in [1.165, 1.54) is 31.0 Å². The molecular formula is C27H27N5O5S. The van der Waals surface area contributed by atoms with Gasteiger partial charge in [-0.15, -0.1) is 10.2 Å². The highest BCUT2D eigenvalue weighted by Gasteiger charge is 2.20. The number of thioether (sulfide) groups is 1. The van der Waals surface area contributed by atoms with Gasteiger partial charge in [-0.2, -0.15) is 0 Å². The Kier molecular flexibility index (Phi) is 8.59. The number of aryl methyl sites for hydroxylation is 1. The highest BCUT2D eigenvalue weighted by molar-refractivity contribution is 7.99. The van der Waals surface area contributed by atoms with Crippen molar-refractivity contribution in [1.29, 1.82) is 0 Å². The molecule has 3 aromatic carbocycles. The third-order valence-electron chi connectivity index (χ3n) is 5.64. The number of nitrogens with one attached hydrogen (secondary N) is 1. The summed E-state index contributed by atoms with van der Waals surface area (Å²) in [5.41, 5.74) is 2.77. The molecule has 0 aliphatic heterocycles. The van der Waals surface area contributed by atoms with Crippen LogP contribution in [0, 0.1) is 17.0 Å². The average Bonchev–Trinajstić information content (AvgIpc) is 3.31. The zero-order chi connectivity index (χ0) is 27.1. The van der Waals surface area contributed by atoms with E-state index in [4.69, 9.17) is 9.47 Å². The number of nitro groups is 1. The van der Waals surface area contributed by atoms with Crippen LogP contribution in [0.2, 0.25) is 0 Å². The van der Waals surface area contributed by atoms with Crippen LogP contribution in [0.1, 0.15) is 23.9 Å². The Morgan fingerprint density at radius 1 is 1.11 bits per heavy atom. The van der Waals surface area contributed by atoms with Crippen molar-refractivity contribution >= 4 is 29.0 Å². The molecule has 4 aromatic rings. The van der Waals surface area contributed by atoms with Gasteiger partial charge >= 0.3 is 5.69 Å². The molecule has 0 saturated carbocycles. The number of carbonyl (C=O) groups excluding carboxylic acids is 1. The second-order valence-electron chi connectivity index (χ2n) is 8.26. The minimum Gasteiger partial charge on any atom is -0.494 e. The zero-order valence-corrected chi connectivity index (χ0v) is 22.0. The molecule has 0 bridgehead atoms. The van der Waals surface area contributed by atoms with Crippen molar-refractivity contribution in [2.75, 3.05) is 24.8 Å².